The van der Waals surface area contributed by atoms with Crippen LogP contribution in [0, 0.1) is 6.92 Å². The van der Waals surface area contributed by atoms with Gasteiger partial charge in [0.2, 0.25) is 0 Å². The Hall–Kier alpha value is -2.82. The Labute approximate surface area is 134 Å². The molecule has 0 bridgehead atoms. The molecule has 1 heterocycles. The van der Waals surface area contributed by atoms with E-state index in [9.17, 15) is 9.90 Å². The van der Waals surface area contributed by atoms with Gasteiger partial charge in [-0.1, -0.05) is 48.0 Å². The van der Waals surface area contributed by atoms with Crippen LogP contribution in [0.3, 0.4) is 0 Å². The van der Waals surface area contributed by atoms with E-state index in [1.54, 1.807) is 16.7 Å². The van der Waals surface area contributed by atoms with E-state index in [4.69, 9.17) is 0 Å². The highest BCUT2D eigenvalue weighted by molar-refractivity contribution is 5.32. The van der Waals surface area contributed by atoms with E-state index in [2.05, 4.69) is 16.3 Å². The summed E-state index contributed by atoms with van der Waals surface area (Å²) >= 11 is 0. The van der Waals surface area contributed by atoms with E-state index >= 15 is 0 Å². The van der Waals surface area contributed by atoms with Gasteiger partial charge in [-0.25, -0.2) is 9.89 Å². The first-order valence-electron chi connectivity index (χ1n) is 7.60. The summed E-state index contributed by atoms with van der Waals surface area (Å²) in [4.78, 5) is 12.0. The zero-order valence-electron chi connectivity index (χ0n) is 13.0. The van der Waals surface area contributed by atoms with E-state index in [0.717, 1.165) is 16.7 Å². The van der Waals surface area contributed by atoms with Crippen molar-refractivity contribution in [3.8, 4) is 5.75 Å². The number of hydrogen-bond acceptors (Lipinski definition) is 3. The van der Waals surface area contributed by atoms with Gasteiger partial charge < -0.3 is 5.11 Å². The van der Waals surface area contributed by atoms with Crippen LogP contribution in [0.4, 0.5) is 0 Å². The SMILES string of the molecule is Cc1cccc(Cn2c(CCc3ccccc3O)n[nH]c2=O)c1. The molecule has 5 heteroatoms. The second kappa shape index (κ2) is 6.52. The van der Waals surface area contributed by atoms with Gasteiger partial charge in [-0.2, -0.15) is 5.10 Å². The van der Waals surface area contributed by atoms with Gasteiger partial charge in [0, 0.05) is 6.42 Å². The van der Waals surface area contributed by atoms with Gasteiger partial charge in [-0.05, 0) is 30.5 Å². The second-order valence-corrected chi connectivity index (χ2v) is 5.65. The third kappa shape index (κ3) is 3.51. The normalized spacial score (nSPS) is 10.8. The number of aromatic hydroxyl groups is 1. The number of aryl methyl sites for hydroxylation is 3. The zero-order valence-corrected chi connectivity index (χ0v) is 13.0. The Bertz CT molecular complexity index is 864. The molecule has 23 heavy (non-hydrogen) atoms. The van der Waals surface area contributed by atoms with Crippen LogP contribution in [0.25, 0.3) is 0 Å². The van der Waals surface area contributed by atoms with Gasteiger partial charge in [0.1, 0.15) is 11.6 Å². The minimum absolute atomic E-state index is 0.209. The molecule has 0 aliphatic heterocycles. The summed E-state index contributed by atoms with van der Waals surface area (Å²) in [5, 5.41) is 16.5. The fourth-order valence-electron chi connectivity index (χ4n) is 2.67. The first kappa shape index (κ1) is 15.1. The number of para-hydroxylation sites is 1. The fraction of sp³-hybridized carbons (Fsp3) is 0.222. The first-order valence-corrected chi connectivity index (χ1v) is 7.60. The van der Waals surface area contributed by atoms with Crippen molar-refractivity contribution < 1.29 is 5.11 Å². The first-order chi connectivity index (χ1) is 11.1. The highest BCUT2D eigenvalue weighted by atomic mass is 16.3. The van der Waals surface area contributed by atoms with Crippen LogP contribution in [-0.4, -0.2) is 19.9 Å². The average molecular weight is 309 g/mol. The number of aromatic nitrogens is 3. The van der Waals surface area contributed by atoms with E-state index in [1.807, 2.05) is 37.3 Å². The van der Waals surface area contributed by atoms with E-state index in [1.165, 1.54) is 0 Å². The van der Waals surface area contributed by atoms with Gasteiger partial charge in [0.05, 0.1) is 6.54 Å². The molecule has 0 radical (unpaired) electrons. The van der Waals surface area contributed by atoms with Crippen molar-refractivity contribution in [1.29, 1.82) is 0 Å². The highest BCUT2D eigenvalue weighted by Gasteiger charge is 2.10. The number of hydrogen-bond donors (Lipinski definition) is 2. The Morgan fingerprint density at radius 2 is 1.96 bits per heavy atom. The number of benzene rings is 2. The lowest BCUT2D eigenvalue weighted by molar-refractivity contribution is 0.467. The number of rotatable bonds is 5. The molecular weight excluding hydrogens is 290 g/mol. The van der Waals surface area contributed by atoms with E-state index in [0.29, 0.717) is 25.2 Å². The molecule has 1 aromatic heterocycles. The minimum Gasteiger partial charge on any atom is -0.508 e. The molecule has 3 aromatic rings. The molecule has 0 aliphatic rings. The monoisotopic (exact) mass is 309 g/mol. The molecule has 0 fully saturated rings. The van der Waals surface area contributed by atoms with Gasteiger partial charge in [0.25, 0.3) is 0 Å². The maximum absolute atomic E-state index is 12.0. The zero-order chi connectivity index (χ0) is 16.2. The molecule has 0 atom stereocenters. The second-order valence-electron chi connectivity index (χ2n) is 5.65. The van der Waals surface area contributed by atoms with Crippen LogP contribution >= 0.6 is 0 Å². The van der Waals surface area contributed by atoms with Crippen molar-refractivity contribution in [2.75, 3.05) is 0 Å². The Kier molecular flexibility index (Phi) is 4.28. The maximum atomic E-state index is 12.0. The molecule has 2 N–H and O–H groups in total. The van der Waals surface area contributed by atoms with Crippen LogP contribution in [0.1, 0.15) is 22.5 Å². The fourth-order valence-corrected chi connectivity index (χ4v) is 2.67. The summed E-state index contributed by atoms with van der Waals surface area (Å²) in [6, 6.07) is 15.3. The molecule has 118 valence electrons. The minimum atomic E-state index is -0.209. The number of phenols is 1. The largest absolute Gasteiger partial charge is 0.508 e. The van der Waals surface area contributed by atoms with E-state index in [-0.39, 0.29) is 11.4 Å². The molecule has 0 aliphatic carbocycles. The molecule has 0 unspecified atom stereocenters. The highest BCUT2D eigenvalue weighted by Crippen LogP contribution is 2.17. The van der Waals surface area contributed by atoms with Crippen LogP contribution in [0.15, 0.2) is 53.3 Å². The van der Waals surface area contributed by atoms with Crippen molar-refractivity contribution in [3.63, 3.8) is 0 Å². The van der Waals surface area contributed by atoms with Crippen molar-refractivity contribution in [2.45, 2.75) is 26.3 Å². The molecule has 0 spiro atoms. The molecule has 3 rings (SSSR count). The number of aromatic amines is 1. The lowest BCUT2D eigenvalue weighted by atomic mass is 10.1. The number of nitrogens with zero attached hydrogens (tertiary/aromatic N) is 2. The van der Waals surface area contributed by atoms with Crippen molar-refractivity contribution in [3.05, 3.63) is 81.5 Å². The summed E-state index contributed by atoms with van der Waals surface area (Å²) in [6.07, 6.45) is 1.22. The predicted molar refractivity (Wildman–Crippen MR) is 88.6 cm³/mol. The van der Waals surface area contributed by atoms with Crippen LogP contribution in [-0.2, 0) is 19.4 Å². The lowest BCUT2D eigenvalue weighted by Gasteiger charge is -2.07. The average Bonchev–Trinajstić information content (AvgIpc) is 2.87. The van der Waals surface area contributed by atoms with Gasteiger partial charge in [0.15, 0.2) is 0 Å². The molecule has 0 saturated carbocycles. The molecule has 2 aromatic carbocycles. The molecule has 5 nitrogen and oxygen atoms in total. The number of H-pyrrole nitrogens is 1. The van der Waals surface area contributed by atoms with Crippen molar-refractivity contribution in [1.82, 2.24) is 14.8 Å². The van der Waals surface area contributed by atoms with E-state index < -0.39 is 0 Å². The Morgan fingerprint density at radius 1 is 1.13 bits per heavy atom. The third-order valence-corrected chi connectivity index (χ3v) is 3.87. The van der Waals surface area contributed by atoms with Gasteiger partial charge in [-0.15, -0.1) is 0 Å². The quantitative estimate of drug-likeness (QED) is 0.760. The van der Waals surface area contributed by atoms with Gasteiger partial charge in [-0.3, -0.25) is 4.57 Å². The maximum Gasteiger partial charge on any atom is 0.343 e. The summed E-state index contributed by atoms with van der Waals surface area (Å²) in [5.74, 6) is 0.968. The smallest absolute Gasteiger partial charge is 0.343 e. The lowest BCUT2D eigenvalue weighted by Crippen LogP contribution is -2.20. The molecular formula is C18H19N3O2. The summed E-state index contributed by atoms with van der Waals surface area (Å²) in [6.45, 7) is 2.52. The Morgan fingerprint density at radius 3 is 2.74 bits per heavy atom. The number of nitrogens with one attached hydrogen (secondary N) is 1. The summed E-state index contributed by atoms with van der Waals surface area (Å²) in [5.41, 5.74) is 2.87. The summed E-state index contributed by atoms with van der Waals surface area (Å²) < 4.78 is 1.65. The van der Waals surface area contributed by atoms with Gasteiger partial charge >= 0.3 is 5.69 Å². The number of phenolic OH excluding ortho intramolecular Hbond substituents is 1. The molecule has 0 amide bonds. The van der Waals surface area contributed by atoms with Crippen molar-refractivity contribution in [2.24, 2.45) is 0 Å². The third-order valence-electron chi connectivity index (χ3n) is 3.87. The summed E-state index contributed by atoms with van der Waals surface area (Å²) in [7, 11) is 0. The predicted octanol–water partition coefficient (Wildman–Crippen LogP) is 2.42. The Balaban J connectivity index is 1.79. The van der Waals surface area contributed by atoms with Crippen LogP contribution < -0.4 is 5.69 Å². The standard InChI is InChI=1S/C18H19N3O2/c1-13-5-4-6-14(11-13)12-21-17(19-20-18(21)23)10-9-15-7-2-3-8-16(15)22/h2-8,11,22H,9-10,12H2,1H3,(H,20,23). The van der Waals surface area contributed by atoms with Crippen molar-refractivity contribution >= 4 is 0 Å². The topological polar surface area (TPSA) is 70.9 Å². The van der Waals surface area contributed by atoms with Crippen LogP contribution in [0.5, 0.6) is 5.75 Å². The van der Waals surface area contributed by atoms with Crippen LogP contribution in [0.2, 0.25) is 0 Å². The molecule has 0 saturated heterocycles.